The molecule has 0 aliphatic rings. The van der Waals surface area contributed by atoms with E-state index in [1.807, 2.05) is 43.3 Å². The Kier molecular flexibility index (Phi) is 7.13. The highest BCUT2D eigenvalue weighted by atomic mass is 19.1. The Hall–Kier alpha value is -5.83. The lowest BCUT2D eigenvalue weighted by Gasteiger charge is -2.15. The topological polar surface area (TPSA) is 130 Å². The van der Waals surface area contributed by atoms with E-state index in [1.165, 1.54) is 24.3 Å². The number of carbonyl (C=O) groups is 3. The number of halogens is 1. The highest BCUT2D eigenvalue weighted by molar-refractivity contribution is 6.20. The van der Waals surface area contributed by atoms with Gasteiger partial charge in [-0.3, -0.25) is 19.4 Å². The van der Waals surface area contributed by atoms with Crippen molar-refractivity contribution in [1.29, 1.82) is 0 Å². The number of rotatable bonds is 7. The average molecular weight is 572 g/mol. The van der Waals surface area contributed by atoms with E-state index in [1.54, 1.807) is 36.7 Å². The first-order valence-electron chi connectivity index (χ1n) is 13.5. The Morgan fingerprint density at radius 1 is 0.884 bits per heavy atom. The normalized spacial score (nSPS) is 11.0. The molecule has 0 spiro atoms. The third kappa shape index (κ3) is 5.43. The molecule has 4 aromatic carbocycles. The summed E-state index contributed by atoms with van der Waals surface area (Å²) in [5.41, 5.74) is 12.2. The summed E-state index contributed by atoms with van der Waals surface area (Å²) in [7, 11) is 0. The number of aromatic nitrogens is 2. The summed E-state index contributed by atoms with van der Waals surface area (Å²) in [6.07, 6.45) is 3.49. The molecule has 6 rings (SSSR count). The van der Waals surface area contributed by atoms with Crippen LogP contribution in [0.5, 0.6) is 0 Å². The fourth-order valence-electron chi connectivity index (χ4n) is 5.27. The van der Waals surface area contributed by atoms with Crippen LogP contribution in [0.3, 0.4) is 0 Å². The number of H-pyrrole nitrogens is 1. The maximum absolute atomic E-state index is 13.3. The highest BCUT2D eigenvalue weighted by Gasteiger charge is 2.19. The van der Waals surface area contributed by atoms with Gasteiger partial charge >= 0.3 is 0 Å². The summed E-state index contributed by atoms with van der Waals surface area (Å²) in [4.78, 5) is 45.3. The fraction of sp³-hybridized carbons (Fsp3) is 0.0588. The van der Waals surface area contributed by atoms with Crippen LogP contribution in [0.4, 0.5) is 15.8 Å². The van der Waals surface area contributed by atoms with Crippen LogP contribution in [-0.4, -0.2) is 27.7 Å². The van der Waals surface area contributed by atoms with Crippen LogP contribution >= 0.6 is 0 Å². The molecule has 0 bridgehead atoms. The predicted octanol–water partition coefficient (Wildman–Crippen LogP) is 6.36. The monoisotopic (exact) mass is 571 g/mol. The molecule has 0 aliphatic carbocycles. The van der Waals surface area contributed by atoms with Crippen LogP contribution in [-0.2, 0) is 11.2 Å². The summed E-state index contributed by atoms with van der Waals surface area (Å²) in [5, 5.41) is 7.47. The molecular formula is C34H26FN5O3. The van der Waals surface area contributed by atoms with E-state index >= 15 is 0 Å². The molecule has 0 aliphatic heterocycles. The first-order chi connectivity index (χ1) is 20.8. The van der Waals surface area contributed by atoms with Crippen LogP contribution in [0.25, 0.3) is 32.9 Å². The van der Waals surface area contributed by atoms with E-state index in [2.05, 4.69) is 20.6 Å². The maximum atomic E-state index is 13.3. The summed E-state index contributed by atoms with van der Waals surface area (Å²) in [5.74, 6) is -1.53. The second-order valence-corrected chi connectivity index (χ2v) is 10.2. The summed E-state index contributed by atoms with van der Waals surface area (Å²) in [6, 6.07) is 23.5. The van der Waals surface area contributed by atoms with E-state index in [9.17, 15) is 18.8 Å². The van der Waals surface area contributed by atoms with Crippen molar-refractivity contribution in [1.82, 2.24) is 9.97 Å². The van der Waals surface area contributed by atoms with Crippen molar-refractivity contribution in [2.45, 2.75) is 13.3 Å². The molecule has 6 aromatic rings. The number of fused-ring (bicyclic) bond motifs is 3. The van der Waals surface area contributed by atoms with Crippen molar-refractivity contribution in [3.05, 3.63) is 125 Å². The van der Waals surface area contributed by atoms with E-state index in [0.717, 1.165) is 33.0 Å². The lowest BCUT2D eigenvalue weighted by atomic mass is 9.93. The van der Waals surface area contributed by atoms with Crippen molar-refractivity contribution in [3.8, 4) is 11.1 Å². The minimum atomic E-state index is -0.578. The van der Waals surface area contributed by atoms with Gasteiger partial charge in [0.2, 0.25) is 5.91 Å². The lowest BCUT2D eigenvalue weighted by Crippen LogP contribution is -2.14. The predicted molar refractivity (Wildman–Crippen MR) is 165 cm³/mol. The minimum absolute atomic E-state index is 0.171. The lowest BCUT2D eigenvalue weighted by molar-refractivity contribution is -0.115. The van der Waals surface area contributed by atoms with Gasteiger partial charge in [0.05, 0.1) is 17.5 Å². The van der Waals surface area contributed by atoms with Gasteiger partial charge in [-0.2, -0.15) is 0 Å². The number of nitrogens with zero attached hydrogens (tertiary/aromatic N) is 1. The van der Waals surface area contributed by atoms with Gasteiger partial charge in [-0.1, -0.05) is 24.3 Å². The fourth-order valence-corrected chi connectivity index (χ4v) is 5.27. The summed E-state index contributed by atoms with van der Waals surface area (Å²) in [6.45, 7) is 1.90. The van der Waals surface area contributed by atoms with Crippen molar-refractivity contribution < 1.29 is 18.8 Å². The SMILES string of the molecule is Cc1c(NC(=O)c2ccc(F)cc2)cccc1-c1ccc(C(N)=O)c2[nH]c3cc(NC(=O)Cc4ccncc4)ccc3c12. The van der Waals surface area contributed by atoms with Gasteiger partial charge in [-0.05, 0) is 89.8 Å². The van der Waals surface area contributed by atoms with Crippen molar-refractivity contribution in [2.75, 3.05) is 10.6 Å². The van der Waals surface area contributed by atoms with Crippen LogP contribution in [0.1, 0.15) is 31.8 Å². The number of carbonyl (C=O) groups excluding carboxylic acids is 3. The Morgan fingerprint density at radius 2 is 1.65 bits per heavy atom. The first kappa shape index (κ1) is 27.3. The second-order valence-electron chi connectivity index (χ2n) is 10.2. The van der Waals surface area contributed by atoms with Crippen LogP contribution in [0, 0.1) is 12.7 Å². The van der Waals surface area contributed by atoms with Gasteiger partial charge < -0.3 is 21.4 Å². The molecule has 0 saturated heterocycles. The zero-order valence-electron chi connectivity index (χ0n) is 23.1. The number of aromatic amines is 1. The van der Waals surface area contributed by atoms with Gasteiger partial charge in [0, 0.05) is 45.6 Å². The number of anilines is 2. The molecule has 0 atom stereocenters. The number of nitrogens with one attached hydrogen (secondary N) is 3. The molecule has 5 N–H and O–H groups in total. The molecule has 43 heavy (non-hydrogen) atoms. The van der Waals surface area contributed by atoms with Gasteiger partial charge in [0.15, 0.2) is 0 Å². The largest absolute Gasteiger partial charge is 0.366 e. The Labute approximate surface area is 245 Å². The number of nitrogens with two attached hydrogens (primary N) is 1. The molecule has 2 heterocycles. The third-order valence-corrected chi connectivity index (χ3v) is 7.40. The van der Waals surface area contributed by atoms with E-state index in [0.29, 0.717) is 33.5 Å². The standard InChI is InChI=1S/C34H26FN5O3/c1-19-24(3-2-4-28(19)40-34(43)21-5-7-22(35)8-6-21)25-11-12-27(33(36)42)32-31(25)26-10-9-23(18-29(26)39-32)38-30(41)17-20-13-15-37-16-14-20/h2-16,18,39H,17H2,1H3,(H2,36,42)(H,38,41)(H,40,43). The van der Waals surface area contributed by atoms with Gasteiger partial charge in [0.25, 0.3) is 11.8 Å². The summed E-state index contributed by atoms with van der Waals surface area (Å²) >= 11 is 0. The van der Waals surface area contributed by atoms with Crippen LogP contribution in [0.2, 0.25) is 0 Å². The average Bonchev–Trinajstić information content (AvgIpc) is 3.37. The number of benzene rings is 4. The molecule has 0 saturated carbocycles. The molecule has 212 valence electrons. The van der Waals surface area contributed by atoms with Crippen molar-refractivity contribution >= 4 is 50.9 Å². The number of hydrogen-bond acceptors (Lipinski definition) is 4. The number of pyridine rings is 1. The van der Waals surface area contributed by atoms with E-state index < -0.39 is 11.7 Å². The molecule has 8 nitrogen and oxygen atoms in total. The zero-order valence-corrected chi connectivity index (χ0v) is 23.1. The maximum Gasteiger partial charge on any atom is 0.255 e. The van der Waals surface area contributed by atoms with Crippen molar-refractivity contribution in [2.24, 2.45) is 5.73 Å². The zero-order chi connectivity index (χ0) is 30.1. The smallest absolute Gasteiger partial charge is 0.255 e. The first-order valence-corrected chi connectivity index (χ1v) is 13.5. The molecule has 3 amide bonds. The number of hydrogen-bond donors (Lipinski definition) is 4. The minimum Gasteiger partial charge on any atom is -0.366 e. The molecule has 0 unspecified atom stereocenters. The Bertz CT molecular complexity index is 2040. The molecule has 2 aromatic heterocycles. The molecule has 0 radical (unpaired) electrons. The molecule has 9 heteroatoms. The van der Waals surface area contributed by atoms with E-state index in [4.69, 9.17) is 5.73 Å². The molecule has 0 fully saturated rings. The second kappa shape index (κ2) is 11.2. The number of primary amides is 1. The van der Waals surface area contributed by atoms with Crippen LogP contribution < -0.4 is 16.4 Å². The Balaban J connectivity index is 1.39. The highest BCUT2D eigenvalue weighted by Crippen LogP contribution is 2.39. The van der Waals surface area contributed by atoms with E-state index in [-0.39, 0.29) is 18.2 Å². The van der Waals surface area contributed by atoms with Gasteiger partial charge in [-0.15, -0.1) is 0 Å². The number of amides is 3. The summed E-state index contributed by atoms with van der Waals surface area (Å²) < 4.78 is 13.3. The van der Waals surface area contributed by atoms with Gasteiger partial charge in [-0.25, -0.2) is 4.39 Å². The van der Waals surface area contributed by atoms with Crippen LogP contribution in [0.15, 0.2) is 97.3 Å². The van der Waals surface area contributed by atoms with Gasteiger partial charge in [0.1, 0.15) is 5.82 Å². The van der Waals surface area contributed by atoms with Crippen molar-refractivity contribution in [3.63, 3.8) is 0 Å². The Morgan fingerprint density at radius 3 is 2.40 bits per heavy atom. The third-order valence-electron chi connectivity index (χ3n) is 7.40. The quantitative estimate of drug-likeness (QED) is 0.178. The molecular weight excluding hydrogens is 545 g/mol.